The molecule has 1 aliphatic rings. The van der Waals surface area contributed by atoms with E-state index in [0.29, 0.717) is 18.7 Å². The lowest BCUT2D eigenvalue weighted by atomic mass is 9.82. The van der Waals surface area contributed by atoms with Crippen molar-refractivity contribution in [2.75, 3.05) is 0 Å². The second-order valence-electron chi connectivity index (χ2n) is 11.0. The molecule has 1 aliphatic heterocycles. The third kappa shape index (κ3) is 6.77. The third-order valence-corrected chi connectivity index (χ3v) is 8.19. The number of aromatic hydroxyl groups is 1. The highest BCUT2D eigenvalue weighted by Crippen LogP contribution is 2.35. The van der Waals surface area contributed by atoms with Crippen molar-refractivity contribution in [3.8, 4) is 5.75 Å². The lowest BCUT2D eigenvalue weighted by molar-refractivity contribution is 0.0185. The van der Waals surface area contributed by atoms with Gasteiger partial charge in [0.15, 0.2) is 0 Å². The van der Waals surface area contributed by atoms with E-state index in [4.69, 9.17) is 5.73 Å². The van der Waals surface area contributed by atoms with Gasteiger partial charge in [-0.25, -0.2) is 4.79 Å². The molecule has 0 unspecified atom stereocenters. The van der Waals surface area contributed by atoms with Gasteiger partial charge in [0.25, 0.3) is 0 Å². The number of hydrogen-bond acceptors (Lipinski definition) is 3. The highest BCUT2D eigenvalue weighted by molar-refractivity contribution is 5.92. The van der Waals surface area contributed by atoms with Crippen LogP contribution in [-0.4, -0.2) is 38.9 Å². The number of phenols is 1. The zero-order chi connectivity index (χ0) is 28.8. The minimum Gasteiger partial charge on any atom is -0.508 e. The first kappa shape index (κ1) is 28.0. The molecule has 210 valence electrons. The predicted molar refractivity (Wildman–Crippen MR) is 161 cm³/mol. The molecule has 6 heteroatoms. The van der Waals surface area contributed by atoms with Gasteiger partial charge in [-0.2, -0.15) is 0 Å². The van der Waals surface area contributed by atoms with Crippen LogP contribution in [0.3, 0.4) is 0 Å². The monoisotopic (exact) mass is 547 g/mol. The molecule has 0 aliphatic carbocycles. The van der Waals surface area contributed by atoms with Gasteiger partial charge in [0.05, 0.1) is 0 Å². The summed E-state index contributed by atoms with van der Waals surface area (Å²) in [5.74, 6) is -0.159. The smallest absolute Gasteiger partial charge is 0.321 e. The average molecular weight is 548 g/mol. The van der Waals surface area contributed by atoms with Crippen LogP contribution in [0.15, 0.2) is 109 Å². The van der Waals surface area contributed by atoms with E-state index in [-0.39, 0.29) is 29.8 Å². The van der Waals surface area contributed by atoms with Crippen LogP contribution < -0.4 is 5.73 Å². The molecule has 0 bridgehead atoms. The number of primary amides is 1. The van der Waals surface area contributed by atoms with Crippen molar-refractivity contribution in [3.05, 3.63) is 137 Å². The number of nitrogens with zero attached hydrogens (tertiary/aromatic N) is 2. The summed E-state index contributed by atoms with van der Waals surface area (Å²) >= 11 is 0. The van der Waals surface area contributed by atoms with Crippen LogP contribution in [0.25, 0.3) is 0 Å². The molecule has 5 rings (SSSR count). The molecule has 0 saturated carbocycles. The Morgan fingerprint density at radius 2 is 1.29 bits per heavy atom. The first-order valence-corrected chi connectivity index (χ1v) is 14.2. The minimum absolute atomic E-state index is 0.0194. The number of urea groups is 1. The Morgan fingerprint density at radius 3 is 1.93 bits per heavy atom. The van der Waals surface area contributed by atoms with Crippen molar-refractivity contribution in [2.45, 2.75) is 51.4 Å². The van der Waals surface area contributed by atoms with Gasteiger partial charge in [-0.05, 0) is 71.7 Å². The molecule has 3 amide bonds. The third-order valence-electron chi connectivity index (χ3n) is 8.19. The van der Waals surface area contributed by atoms with Crippen molar-refractivity contribution in [2.24, 2.45) is 11.7 Å². The maximum atomic E-state index is 14.5. The molecule has 1 heterocycles. The highest BCUT2D eigenvalue weighted by Gasteiger charge is 2.44. The quantitative estimate of drug-likeness (QED) is 0.249. The fraction of sp³-hybridized carbons (Fsp3) is 0.257. The van der Waals surface area contributed by atoms with E-state index >= 15 is 0 Å². The van der Waals surface area contributed by atoms with Crippen LogP contribution in [0.5, 0.6) is 5.75 Å². The number of nitrogens with two attached hydrogens (primary N) is 1. The number of rotatable bonds is 10. The van der Waals surface area contributed by atoms with E-state index in [2.05, 4.69) is 31.2 Å². The molecule has 3 atom stereocenters. The number of carbonyl (C=O) groups excluding carboxylic acids is 2. The van der Waals surface area contributed by atoms with Crippen molar-refractivity contribution < 1.29 is 14.7 Å². The molecule has 4 aromatic rings. The zero-order valence-electron chi connectivity index (χ0n) is 23.4. The van der Waals surface area contributed by atoms with E-state index < -0.39 is 5.91 Å². The molecular weight excluding hydrogens is 510 g/mol. The molecular formula is C35H37N3O3. The zero-order valence-corrected chi connectivity index (χ0v) is 23.4. The van der Waals surface area contributed by atoms with Gasteiger partial charge in [-0.3, -0.25) is 4.79 Å². The van der Waals surface area contributed by atoms with E-state index in [1.54, 1.807) is 24.3 Å². The van der Waals surface area contributed by atoms with E-state index in [0.717, 1.165) is 30.4 Å². The molecule has 4 aromatic carbocycles. The van der Waals surface area contributed by atoms with Gasteiger partial charge >= 0.3 is 6.03 Å². The molecule has 1 fully saturated rings. The Morgan fingerprint density at radius 1 is 0.732 bits per heavy atom. The summed E-state index contributed by atoms with van der Waals surface area (Å²) in [6, 6.07) is 34.9. The number of amides is 3. The molecule has 1 saturated heterocycles. The van der Waals surface area contributed by atoms with Gasteiger partial charge < -0.3 is 20.6 Å². The van der Waals surface area contributed by atoms with E-state index in [1.807, 2.05) is 70.5 Å². The summed E-state index contributed by atoms with van der Waals surface area (Å²) in [6.45, 7) is 3.01. The molecule has 41 heavy (non-hydrogen) atoms. The predicted octanol–water partition coefficient (Wildman–Crippen LogP) is 6.18. The van der Waals surface area contributed by atoms with Gasteiger partial charge in [-0.15, -0.1) is 0 Å². The fourth-order valence-corrected chi connectivity index (χ4v) is 6.04. The van der Waals surface area contributed by atoms with Gasteiger partial charge in [0.1, 0.15) is 5.75 Å². The van der Waals surface area contributed by atoms with Crippen LogP contribution in [-0.2, 0) is 25.9 Å². The van der Waals surface area contributed by atoms with E-state index in [9.17, 15) is 14.7 Å². The average Bonchev–Trinajstić information content (AvgIpc) is 2.98. The fourth-order valence-electron chi connectivity index (χ4n) is 6.04. The Labute approximate surface area is 242 Å². The van der Waals surface area contributed by atoms with Crippen LogP contribution in [0.1, 0.15) is 46.0 Å². The Kier molecular flexibility index (Phi) is 8.68. The van der Waals surface area contributed by atoms with Crippen molar-refractivity contribution in [3.63, 3.8) is 0 Å². The first-order chi connectivity index (χ1) is 19.9. The highest BCUT2D eigenvalue weighted by atomic mass is 16.3. The van der Waals surface area contributed by atoms with E-state index in [1.165, 1.54) is 11.1 Å². The van der Waals surface area contributed by atoms with Gasteiger partial charge in [0.2, 0.25) is 5.91 Å². The Balaban J connectivity index is 1.52. The lowest BCUT2D eigenvalue weighted by Gasteiger charge is -2.51. The maximum Gasteiger partial charge on any atom is 0.321 e. The van der Waals surface area contributed by atoms with Crippen LogP contribution >= 0.6 is 0 Å². The largest absolute Gasteiger partial charge is 0.508 e. The number of hydrogen-bond donors (Lipinski definition) is 2. The summed E-state index contributed by atoms with van der Waals surface area (Å²) in [5, 5.41) is 10.1. The molecule has 0 aromatic heterocycles. The lowest BCUT2D eigenvalue weighted by Crippen LogP contribution is -2.62. The van der Waals surface area contributed by atoms with Gasteiger partial charge in [0, 0.05) is 30.7 Å². The van der Waals surface area contributed by atoms with Crippen LogP contribution in [0.4, 0.5) is 4.79 Å². The number of phenolic OH excluding ortho intramolecular Hbond substituents is 1. The van der Waals surface area contributed by atoms with Crippen LogP contribution in [0.2, 0.25) is 0 Å². The molecule has 3 N–H and O–H groups in total. The van der Waals surface area contributed by atoms with Crippen molar-refractivity contribution >= 4 is 11.9 Å². The Bertz CT molecular complexity index is 1470. The molecule has 0 spiro atoms. The molecule has 6 nitrogen and oxygen atoms in total. The minimum atomic E-state index is -0.487. The SMILES string of the molecule is C[C@@H]1[C@@H](CCc2ccccc2)N(Cc2cccc(C(N)=O)c2)C(=O)N(Cc2cccc(O)c2)[C@@H]1Cc1ccccc1. The van der Waals surface area contributed by atoms with Crippen molar-refractivity contribution in [1.82, 2.24) is 9.80 Å². The van der Waals surface area contributed by atoms with Gasteiger partial charge in [-0.1, -0.05) is 91.9 Å². The van der Waals surface area contributed by atoms with Crippen molar-refractivity contribution in [1.29, 1.82) is 0 Å². The summed E-state index contributed by atoms with van der Waals surface area (Å²) in [5.41, 5.74) is 10.2. The number of aryl methyl sites for hydroxylation is 1. The van der Waals surface area contributed by atoms with Crippen LogP contribution in [0, 0.1) is 5.92 Å². The number of carbonyl (C=O) groups is 2. The number of benzene rings is 4. The second-order valence-corrected chi connectivity index (χ2v) is 11.0. The normalized spacial score (nSPS) is 18.9. The summed E-state index contributed by atoms with van der Waals surface area (Å²) in [4.78, 5) is 30.3. The summed E-state index contributed by atoms with van der Waals surface area (Å²) < 4.78 is 0. The molecule has 0 radical (unpaired) electrons. The summed E-state index contributed by atoms with van der Waals surface area (Å²) in [6.07, 6.45) is 2.41. The topological polar surface area (TPSA) is 86.9 Å². The second kappa shape index (κ2) is 12.7. The summed E-state index contributed by atoms with van der Waals surface area (Å²) in [7, 11) is 0. The Hall–Kier alpha value is -4.58. The first-order valence-electron chi connectivity index (χ1n) is 14.2. The maximum absolute atomic E-state index is 14.5. The standard InChI is InChI=1S/C35H37N3O3/c1-25-32(19-18-26-10-4-2-5-11-26)37(23-28-14-8-16-30(20-28)34(36)40)35(41)38(24-29-15-9-17-31(39)21-29)33(25)22-27-12-6-3-7-13-27/h2-17,20-21,25,32-33,39H,18-19,22-24H2,1H3,(H2,36,40)/t25-,32-,33-/m1/s1.